The van der Waals surface area contributed by atoms with Gasteiger partial charge in [-0.15, -0.1) is 0 Å². The van der Waals surface area contributed by atoms with Gasteiger partial charge in [0.2, 0.25) is 0 Å². The van der Waals surface area contributed by atoms with Crippen molar-refractivity contribution in [1.29, 1.82) is 0 Å². The van der Waals surface area contributed by atoms with E-state index in [0.29, 0.717) is 6.54 Å². The highest BCUT2D eigenvalue weighted by molar-refractivity contribution is 9.10. The molecule has 1 unspecified atom stereocenters. The predicted octanol–water partition coefficient (Wildman–Crippen LogP) is 3.27. The number of hydrogen-bond donors (Lipinski definition) is 1. The monoisotopic (exact) mass is 271 g/mol. The number of nitrogens with two attached hydrogens (primary N) is 1. The van der Waals surface area contributed by atoms with Crippen LogP contribution in [0.3, 0.4) is 0 Å². The van der Waals surface area contributed by atoms with Crippen LogP contribution in [0.2, 0.25) is 0 Å². The van der Waals surface area contributed by atoms with E-state index in [2.05, 4.69) is 28.9 Å². The van der Waals surface area contributed by atoms with Gasteiger partial charge in [-0.1, -0.05) is 41.4 Å². The van der Waals surface area contributed by atoms with Crippen LogP contribution in [-0.2, 0) is 4.74 Å². The molecule has 15 heavy (non-hydrogen) atoms. The largest absolute Gasteiger partial charge is 0.372 e. The molecule has 0 amide bonds. The Hall–Kier alpha value is -0.380. The van der Waals surface area contributed by atoms with E-state index in [1.807, 2.05) is 18.2 Å². The molecule has 2 nitrogen and oxygen atoms in total. The number of unbranched alkanes of at least 4 members (excludes halogenated alkanes) is 1. The van der Waals surface area contributed by atoms with Crippen LogP contribution in [0.1, 0.15) is 31.4 Å². The smallest absolute Gasteiger partial charge is 0.0947 e. The molecule has 1 aromatic rings. The van der Waals surface area contributed by atoms with Crippen molar-refractivity contribution in [3.05, 3.63) is 34.3 Å². The summed E-state index contributed by atoms with van der Waals surface area (Å²) in [5.74, 6) is 0. The quantitative estimate of drug-likeness (QED) is 0.807. The topological polar surface area (TPSA) is 35.2 Å². The third-order valence-electron chi connectivity index (χ3n) is 2.25. The molecule has 0 fully saturated rings. The van der Waals surface area contributed by atoms with Crippen LogP contribution in [0.25, 0.3) is 0 Å². The average Bonchev–Trinajstić information content (AvgIpc) is 2.24. The normalized spacial score (nSPS) is 12.7. The molecule has 0 saturated heterocycles. The lowest BCUT2D eigenvalue weighted by molar-refractivity contribution is 0.0566. The first-order valence-corrected chi connectivity index (χ1v) is 6.14. The first-order valence-electron chi connectivity index (χ1n) is 5.35. The van der Waals surface area contributed by atoms with E-state index >= 15 is 0 Å². The molecular formula is C12H18BrNO. The molecule has 0 saturated carbocycles. The zero-order chi connectivity index (χ0) is 11.1. The summed E-state index contributed by atoms with van der Waals surface area (Å²) in [6, 6.07) is 8.12. The second kappa shape index (κ2) is 6.99. The number of ether oxygens (including phenoxy) is 1. The zero-order valence-electron chi connectivity index (χ0n) is 9.08. The Morgan fingerprint density at radius 1 is 1.47 bits per heavy atom. The Morgan fingerprint density at radius 3 is 2.87 bits per heavy atom. The standard InChI is InChI=1S/C12H18BrNO/c1-2-3-7-15-12(9-14)10-5-4-6-11(13)8-10/h4-6,8,12H,2-3,7,9,14H2,1H3. The Bertz CT molecular complexity index is 291. The molecule has 1 rings (SSSR count). The molecule has 0 aromatic heterocycles. The fraction of sp³-hybridized carbons (Fsp3) is 0.500. The van der Waals surface area contributed by atoms with Crippen LogP contribution < -0.4 is 5.73 Å². The molecule has 3 heteroatoms. The Kier molecular flexibility index (Phi) is 5.91. The fourth-order valence-corrected chi connectivity index (χ4v) is 1.79. The molecule has 2 N–H and O–H groups in total. The molecular weight excluding hydrogens is 254 g/mol. The molecule has 0 aliphatic heterocycles. The van der Waals surface area contributed by atoms with Gasteiger partial charge in [-0.2, -0.15) is 0 Å². The van der Waals surface area contributed by atoms with Gasteiger partial charge in [0.25, 0.3) is 0 Å². The highest BCUT2D eigenvalue weighted by Gasteiger charge is 2.09. The minimum atomic E-state index is 0.0223. The molecule has 0 bridgehead atoms. The van der Waals surface area contributed by atoms with Gasteiger partial charge < -0.3 is 10.5 Å². The van der Waals surface area contributed by atoms with Crippen LogP contribution in [0.5, 0.6) is 0 Å². The molecule has 0 radical (unpaired) electrons. The van der Waals surface area contributed by atoms with E-state index in [-0.39, 0.29) is 6.10 Å². The molecule has 1 aromatic carbocycles. The Labute approximate surface area is 99.9 Å². The van der Waals surface area contributed by atoms with Gasteiger partial charge in [0, 0.05) is 17.6 Å². The predicted molar refractivity (Wildman–Crippen MR) is 66.8 cm³/mol. The molecule has 0 aliphatic rings. The van der Waals surface area contributed by atoms with E-state index in [4.69, 9.17) is 10.5 Å². The summed E-state index contributed by atoms with van der Waals surface area (Å²) in [6.07, 6.45) is 2.26. The van der Waals surface area contributed by atoms with Crippen molar-refractivity contribution in [3.8, 4) is 0 Å². The summed E-state index contributed by atoms with van der Waals surface area (Å²) in [5, 5.41) is 0. The maximum atomic E-state index is 5.73. The lowest BCUT2D eigenvalue weighted by atomic mass is 10.1. The summed E-state index contributed by atoms with van der Waals surface area (Å²) in [5.41, 5.74) is 6.84. The van der Waals surface area contributed by atoms with Gasteiger partial charge in [0.05, 0.1) is 6.10 Å². The van der Waals surface area contributed by atoms with Crippen LogP contribution in [0.4, 0.5) is 0 Å². The summed E-state index contributed by atoms with van der Waals surface area (Å²) < 4.78 is 6.79. The van der Waals surface area contributed by atoms with E-state index in [9.17, 15) is 0 Å². The second-order valence-corrected chi connectivity index (χ2v) is 4.42. The fourth-order valence-electron chi connectivity index (χ4n) is 1.38. The number of benzene rings is 1. The summed E-state index contributed by atoms with van der Waals surface area (Å²) in [7, 11) is 0. The van der Waals surface area contributed by atoms with Crippen molar-refractivity contribution in [2.75, 3.05) is 13.2 Å². The Morgan fingerprint density at radius 2 is 2.27 bits per heavy atom. The summed E-state index contributed by atoms with van der Waals surface area (Å²) in [4.78, 5) is 0. The zero-order valence-corrected chi connectivity index (χ0v) is 10.7. The number of hydrogen-bond acceptors (Lipinski definition) is 2. The first kappa shape index (κ1) is 12.7. The van der Waals surface area contributed by atoms with Crippen LogP contribution >= 0.6 is 15.9 Å². The van der Waals surface area contributed by atoms with Gasteiger partial charge in [0.15, 0.2) is 0 Å². The highest BCUT2D eigenvalue weighted by atomic mass is 79.9. The third-order valence-corrected chi connectivity index (χ3v) is 2.74. The first-order chi connectivity index (χ1) is 7.27. The second-order valence-electron chi connectivity index (χ2n) is 3.50. The minimum Gasteiger partial charge on any atom is -0.372 e. The third kappa shape index (κ3) is 4.33. The van der Waals surface area contributed by atoms with Crippen LogP contribution in [0.15, 0.2) is 28.7 Å². The van der Waals surface area contributed by atoms with Gasteiger partial charge in [0.1, 0.15) is 0 Å². The maximum Gasteiger partial charge on any atom is 0.0947 e. The van der Waals surface area contributed by atoms with E-state index in [0.717, 1.165) is 29.5 Å². The molecule has 0 spiro atoms. The Balaban J connectivity index is 2.57. The average molecular weight is 272 g/mol. The van der Waals surface area contributed by atoms with Gasteiger partial charge in [-0.05, 0) is 24.1 Å². The van der Waals surface area contributed by atoms with E-state index < -0.39 is 0 Å². The van der Waals surface area contributed by atoms with Crippen LogP contribution in [-0.4, -0.2) is 13.2 Å². The van der Waals surface area contributed by atoms with E-state index in [1.165, 1.54) is 0 Å². The number of rotatable bonds is 6. The molecule has 84 valence electrons. The number of halogens is 1. The van der Waals surface area contributed by atoms with Crippen molar-refractivity contribution in [3.63, 3.8) is 0 Å². The van der Waals surface area contributed by atoms with Crippen LogP contribution in [0, 0.1) is 0 Å². The van der Waals surface area contributed by atoms with Gasteiger partial charge in [-0.3, -0.25) is 0 Å². The van der Waals surface area contributed by atoms with Crippen molar-refractivity contribution in [2.45, 2.75) is 25.9 Å². The maximum absolute atomic E-state index is 5.73. The van der Waals surface area contributed by atoms with Crippen molar-refractivity contribution in [2.24, 2.45) is 5.73 Å². The molecule has 0 heterocycles. The lowest BCUT2D eigenvalue weighted by Gasteiger charge is -2.16. The minimum absolute atomic E-state index is 0.0223. The summed E-state index contributed by atoms with van der Waals surface area (Å²) in [6.45, 7) is 3.46. The van der Waals surface area contributed by atoms with Gasteiger partial charge in [-0.25, -0.2) is 0 Å². The molecule has 0 aliphatic carbocycles. The van der Waals surface area contributed by atoms with E-state index in [1.54, 1.807) is 0 Å². The van der Waals surface area contributed by atoms with Crippen molar-refractivity contribution >= 4 is 15.9 Å². The van der Waals surface area contributed by atoms with Crippen molar-refractivity contribution in [1.82, 2.24) is 0 Å². The van der Waals surface area contributed by atoms with Gasteiger partial charge >= 0.3 is 0 Å². The SMILES string of the molecule is CCCCOC(CN)c1cccc(Br)c1. The highest BCUT2D eigenvalue weighted by Crippen LogP contribution is 2.20. The molecule has 1 atom stereocenters. The van der Waals surface area contributed by atoms with Crippen molar-refractivity contribution < 1.29 is 4.74 Å². The lowest BCUT2D eigenvalue weighted by Crippen LogP contribution is -2.16. The summed E-state index contributed by atoms with van der Waals surface area (Å²) >= 11 is 3.45.